The van der Waals surface area contributed by atoms with Crippen molar-refractivity contribution in [1.82, 2.24) is 9.47 Å². The molecule has 0 saturated carbocycles. The highest BCUT2D eigenvalue weighted by Gasteiger charge is 2.60. The average Bonchev–Trinajstić information content (AvgIpc) is 3.59. The molecule has 0 unspecified atom stereocenters. The molecular formula is C33H32FN3O5. The summed E-state index contributed by atoms with van der Waals surface area (Å²) < 4.78 is 28.0. The van der Waals surface area contributed by atoms with Gasteiger partial charge in [0.05, 0.1) is 18.7 Å². The quantitative estimate of drug-likeness (QED) is 0.291. The Balaban J connectivity index is 1.50. The van der Waals surface area contributed by atoms with Gasteiger partial charge in [0.15, 0.2) is 0 Å². The Morgan fingerprint density at radius 3 is 2.55 bits per heavy atom. The minimum absolute atomic E-state index is 0.230. The second kappa shape index (κ2) is 9.72. The van der Waals surface area contributed by atoms with Crippen LogP contribution in [-0.4, -0.2) is 46.7 Å². The van der Waals surface area contributed by atoms with Gasteiger partial charge in [-0.1, -0.05) is 30.3 Å². The van der Waals surface area contributed by atoms with Crippen molar-refractivity contribution in [3.8, 4) is 11.1 Å². The van der Waals surface area contributed by atoms with Crippen LogP contribution < -0.4 is 5.32 Å². The number of para-hydroxylation sites is 1. The van der Waals surface area contributed by atoms with Crippen LogP contribution in [0.2, 0.25) is 0 Å². The number of ether oxygens (including phenoxy) is 2. The van der Waals surface area contributed by atoms with E-state index in [4.69, 9.17) is 9.47 Å². The number of hydrogen-bond donors (Lipinski definition) is 1. The molecule has 2 atom stereocenters. The molecule has 6 rings (SSSR count). The van der Waals surface area contributed by atoms with Crippen molar-refractivity contribution in [2.45, 2.75) is 44.2 Å². The zero-order valence-electron chi connectivity index (χ0n) is 24.2. The van der Waals surface area contributed by atoms with Gasteiger partial charge in [-0.15, -0.1) is 0 Å². The summed E-state index contributed by atoms with van der Waals surface area (Å²) in [6, 6.07) is 16.8. The third-order valence-electron chi connectivity index (χ3n) is 8.18. The van der Waals surface area contributed by atoms with Crippen molar-refractivity contribution in [3.63, 3.8) is 0 Å². The third kappa shape index (κ3) is 4.31. The Kier molecular flexibility index (Phi) is 6.36. The van der Waals surface area contributed by atoms with Crippen molar-refractivity contribution >= 4 is 34.6 Å². The number of likely N-dealkylation sites (tertiary alicyclic amines) is 1. The maximum absolute atomic E-state index is 15.5. The lowest BCUT2D eigenvalue weighted by atomic mass is 9.72. The maximum atomic E-state index is 15.5. The number of nitrogens with one attached hydrogen (secondary N) is 1. The summed E-state index contributed by atoms with van der Waals surface area (Å²) in [7, 11) is 3.16. The number of halogens is 1. The molecule has 2 aliphatic rings. The van der Waals surface area contributed by atoms with Crippen LogP contribution in [0.25, 0.3) is 22.0 Å². The van der Waals surface area contributed by atoms with Gasteiger partial charge in [0, 0.05) is 36.4 Å². The fourth-order valence-electron chi connectivity index (χ4n) is 6.44. The maximum Gasteiger partial charge on any atom is 0.410 e. The topological polar surface area (TPSA) is 89.9 Å². The van der Waals surface area contributed by atoms with E-state index in [1.54, 1.807) is 31.9 Å². The Morgan fingerprint density at radius 2 is 1.81 bits per heavy atom. The molecule has 1 spiro atoms. The number of hydrogen-bond acceptors (Lipinski definition) is 5. The number of rotatable bonds is 3. The Hall–Kier alpha value is -4.66. The number of aromatic nitrogens is 1. The van der Waals surface area contributed by atoms with Gasteiger partial charge >= 0.3 is 12.1 Å². The standard InChI is InChI=1S/C33H32FN3O5/c1-32(2,3)42-31(40)37-13-12-33(25-8-6-7-9-26(25)35-30(33)39)28(37)21-14-20(15-22(34)16-21)19-10-11-23-24(29(38)41-5)18-36(4)27(23)17-19/h6-11,14-18,28H,12-13H2,1-5H3,(H,35,39)/t28-,33-/m1/s1. The first kappa shape index (κ1) is 27.5. The van der Waals surface area contributed by atoms with Crippen LogP contribution in [0.15, 0.2) is 66.9 Å². The number of anilines is 1. The van der Waals surface area contributed by atoms with E-state index in [1.807, 2.05) is 60.1 Å². The van der Waals surface area contributed by atoms with Crippen LogP contribution in [0.4, 0.5) is 14.9 Å². The summed E-state index contributed by atoms with van der Waals surface area (Å²) in [4.78, 5) is 41.2. The summed E-state index contributed by atoms with van der Waals surface area (Å²) in [6.07, 6.45) is 1.50. The van der Waals surface area contributed by atoms with Gasteiger partial charge < -0.3 is 19.4 Å². The lowest BCUT2D eigenvalue weighted by molar-refractivity contribution is -0.121. The normalized spacial score (nSPS) is 19.7. The number of carbonyl (C=O) groups excluding carboxylic acids is 3. The second-order valence-corrected chi connectivity index (χ2v) is 11.9. The largest absolute Gasteiger partial charge is 0.465 e. The van der Waals surface area contributed by atoms with Gasteiger partial charge in [-0.2, -0.15) is 0 Å². The molecule has 1 saturated heterocycles. The molecule has 1 aromatic heterocycles. The van der Waals surface area contributed by atoms with Crippen LogP contribution in [0.5, 0.6) is 0 Å². The first-order valence-electron chi connectivity index (χ1n) is 13.8. The Bertz CT molecular complexity index is 1770. The van der Waals surface area contributed by atoms with Crippen molar-refractivity contribution in [2.24, 2.45) is 7.05 Å². The predicted octanol–water partition coefficient (Wildman–Crippen LogP) is 6.34. The molecule has 3 heterocycles. The molecule has 3 aromatic carbocycles. The van der Waals surface area contributed by atoms with E-state index < -0.39 is 34.9 Å². The second-order valence-electron chi connectivity index (χ2n) is 11.9. The first-order chi connectivity index (χ1) is 19.9. The molecule has 2 amide bonds. The molecule has 1 N–H and O–H groups in total. The van der Waals surface area contributed by atoms with Crippen LogP contribution >= 0.6 is 0 Å². The molecule has 0 radical (unpaired) electrons. The lowest BCUT2D eigenvalue weighted by Gasteiger charge is -2.35. The molecule has 0 aliphatic carbocycles. The summed E-state index contributed by atoms with van der Waals surface area (Å²) >= 11 is 0. The molecule has 1 fully saturated rings. The number of aryl methyl sites for hydroxylation is 1. The number of carbonyl (C=O) groups is 3. The summed E-state index contributed by atoms with van der Waals surface area (Å²) in [5, 5.41) is 3.71. The third-order valence-corrected chi connectivity index (χ3v) is 8.18. The Labute approximate surface area is 243 Å². The van der Waals surface area contributed by atoms with Gasteiger partial charge in [0.25, 0.3) is 0 Å². The summed E-state index contributed by atoms with van der Waals surface area (Å²) in [6.45, 7) is 5.62. The monoisotopic (exact) mass is 569 g/mol. The van der Waals surface area contributed by atoms with Gasteiger partial charge in [-0.25, -0.2) is 14.0 Å². The zero-order chi connectivity index (χ0) is 30.0. The van der Waals surface area contributed by atoms with Crippen LogP contribution in [0, 0.1) is 5.82 Å². The van der Waals surface area contributed by atoms with Gasteiger partial charge in [0.2, 0.25) is 5.91 Å². The van der Waals surface area contributed by atoms with E-state index in [0.717, 1.165) is 16.5 Å². The molecule has 8 nitrogen and oxygen atoms in total. The minimum atomic E-state index is -1.12. The summed E-state index contributed by atoms with van der Waals surface area (Å²) in [5.41, 5.74) is 2.58. The average molecular weight is 570 g/mol. The molecule has 9 heteroatoms. The van der Waals surface area contributed by atoms with Crippen LogP contribution in [0.3, 0.4) is 0 Å². The minimum Gasteiger partial charge on any atom is -0.465 e. The molecule has 216 valence electrons. The molecule has 0 bridgehead atoms. The smallest absolute Gasteiger partial charge is 0.410 e. The van der Waals surface area contributed by atoms with Gasteiger partial charge in [0.1, 0.15) is 16.8 Å². The van der Waals surface area contributed by atoms with Crippen molar-refractivity contribution in [3.05, 3.63) is 89.4 Å². The number of fused-ring (bicyclic) bond motifs is 3. The molecule has 2 aliphatic heterocycles. The van der Waals surface area contributed by atoms with E-state index in [1.165, 1.54) is 19.2 Å². The van der Waals surface area contributed by atoms with E-state index in [2.05, 4.69) is 5.32 Å². The van der Waals surface area contributed by atoms with Crippen LogP contribution in [0.1, 0.15) is 54.7 Å². The van der Waals surface area contributed by atoms with E-state index in [9.17, 15) is 14.4 Å². The predicted molar refractivity (Wildman–Crippen MR) is 157 cm³/mol. The zero-order valence-corrected chi connectivity index (χ0v) is 24.2. The van der Waals surface area contributed by atoms with Gasteiger partial charge in [-0.3, -0.25) is 9.69 Å². The molecular weight excluding hydrogens is 537 g/mol. The molecule has 4 aromatic rings. The first-order valence-corrected chi connectivity index (χ1v) is 13.8. The highest BCUT2D eigenvalue weighted by Crippen LogP contribution is 2.55. The number of methoxy groups -OCH3 is 1. The van der Waals surface area contributed by atoms with Crippen molar-refractivity contribution in [2.75, 3.05) is 19.0 Å². The van der Waals surface area contributed by atoms with Crippen molar-refractivity contribution < 1.29 is 28.2 Å². The highest BCUT2D eigenvalue weighted by atomic mass is 19.1. The van der Waals surface area contributed by atoms with E-state index >= 15 is 4.39 Å². The van der Waals surface area contributed by atoms with Crippen LogP contribution in [-0.2, 0) is 26.7 Å². The number of nitrogens with zero attached hydrogens (tertiary/aromatic N) is 2. The fourth-order valence-corrected chi connectivity index (χ4v) is 6.44. The fraction of sp³-hybridized carbons (Fsp3) is 0.303. The number of benzene rings is 3. The Morgan fingerprint density at radius 1 is 1.05 bits per heavy atom. The molecule has 42 heavy (non-hydrogen) atoms. The lowest BCUT2D eigenvalue weighted by Crippen LogP contribution is -2.44. The van der Waals surface area contributed by atoms with E-state index in [0.29, 0.717) is 34.4 Å². The SMILES string of the molecule is COC(=O)c1cn(C)c2cc(-c3cc(F)cc([C@H]4N(C(=O)OC(C)(C)C)CC[C@]45C(=O)Nc4ccccc45)c3)ccc12. The number of esters is 1. The number of amides is 2. The van der Waals surface area contributed by atoms with Crippen molar-refractivity contribution in [1.29, 1.82) is 0 Å². The highest BCUT2D eigenvalue weighted by molar-refractivity contribution is 6.08. The van der Waals surface area contributed by atoms with Gasteiger partial charge in [-0.05, 0) is 79.8 Å². The summed E-state index contributed by atoms with van der Waals surface area (Å²) in [5.74, 6) is -1.17. The van der Waals surface area contributed by atoms with E-state index in [-0.39, 0.29) is 12.5 Å².